The van der Waals surface area contributed by atoms with Crippen LogP contribution in [0.4, 0.5) is 17.1 Å². The molecule has 0 heterocycles. The molecule has 2 nitrogen and oxygen atoms in total. The molecule has 0 amide bonds. The van der Waals surface area contributed by atoms with Crippen molar-refractivity contribution in [2.24, 2.45) is 0 Å². The SMILES string of the molecule is C=C(/C=C\C=C/C)C1(c2ccccc2)c2ccccc2-c2ccc(N(c3ccc(-c4ccc(OC)cc4)cc3)c3ccc4c(c3)C(c3ccccc3)(c3ccccc3)c3ccccc3-4)cc21. The maximum absolute atomic E-state index is 5.49. The molecule has 0 radical (unpaired) electrons. The molecular weight excluding hydrogens is 799 g/mol. The van der Waals surface area contributed by atoms with E-state index in [4.69, 9.17) is 11.3 Å². The monoisotopic (exact) mass is 847 g/mol. The Morgan fingerprint density at radius 1 is 0.439 bits per heavy atom. The van der Waals surface area contributed by atoms with Gasteiger partial charge in [-0.15, -0.1) is 0 Å². The molecule has 11 rings (SSSR count). The summed E-state index contributed by atoms with van der Waals surface area (Å²) in [7, 11) is 1.71. The van der Waals surface area contributed by atoms with Crippen molar-refractivity contribution in [3.63, 3.8) is 0 Å². The zero-order valence-corrected chi connectivity index (χ0v) is 37.2. The van der Waals surface area contributed by atoms with Gasteiger partial charge < -0.3 is 9.64 Å². The average molecular weight is 848 g/mol. The van der Waals surface area contributed by atoms with Crippen molar-refractivity contribution in [1.82, 2.24) is 0 Å². The van der Waals surface area contributed by atoms with E-state index >= 15 is 0 Å². The molecule has 0 fully saturated rings. The van der Waals surface area contributed by atoms with Crippen LogP contribution in [0.15, 0.2) is 261 Å². The normalized spacial score (nSPS) is 15.2. The minimum atomic E-state index is -0.638. The predicted octanol–water partition coefficient (Wildman–Crippen LogP) is 16.2. The molecule has 2 aliphatic rings. The van der Waals surface area contributed by atoms with E-state index in [9.17, 15) is 0 Å². The van der Waals surface area contributed by atoms with Crippen LogP contribution in [0.2, 0.25) is 0 Å². The number of anilines is 3. The van der Waals surface area contributed by atoms with Crippen LogP contribution in [-0.2, 0) is 10.8 Å². The highest BCUT2D eigenvalue weighted by atomic mass is 16.5. The summed E-state index contributed by atoms with van der Waals surface area (Å²) in [5.41, 5.74) is 18.9. The predicted molar refractivity (Wildman–Crippen MR) is 275 cm³/mol. The molecule has 0 N–H and O–H groups in total. The third-order valence-corrected chi connectivity index (χ3v) is 13.8. The summed E-state index contributed by atoms with van der Waals surface area (Å²) < 4.78 is 5.49. The number of hydrogen-bond donors (Lipinski definition) is 0. The highest BCUT2D eigenvalue weighted by Crippen LogP contribution is 2.59. The average Bonchev–Trinajstić information content (AvgIpc) is 3.85. The van der Waals surface area contributed by atoms with Gasteiger partial charge in [-0.25, -0.2) is 0 Å². The van der Waals surface area contributed by atoms with Crippen molar-refractivity contribution in [2.75, 3.05) is 12.0 Å². The summed E-state index contributed by atoms with van der Waals surface area (Å²) in [6.07, 6.45) is 8.44. The van der Waals surface area contributed by atoms with Crippen LogP contribution in [0.5, 0.6) is 5.75 Å². The van der Waals surface area contributed by atoms with Crippen LogP contribution < -0.4 is 9.64 Å². The van der Waals surface area contributed by atoms with Crippen molar-refractivity contribution >= 4 is 17.1 Å². The second-order valence-corrected chi connectivity index (χ2v) is 17.2. The first kappa shape index (κ1) is 40.6. The van der Waals surface area contributed by atoms with Gasteiger partial charge in [-0.05, 0) is 133 Å². The molecule has 0 bridgehead atoms. The molecule has 1 unspecified atom stereocenters. The third-order valence-electron chi connectivity index (χ3n) is 13.8. The van der Waals surface area contributed by atoms with Crippen LogP contribution in [0.1, 0.15) is 45.9 Å². The van der Waals surface area contributed by atoms with Gasteiger partial charge in [0.1, 0.15) is 5.75 Å². The third kappa shape index (κ3) is 6.32. The molecule has 1 atom stereocenters. The van der Waals surface area contributed by atoms with E-state index in [-0.39, 0.29) is 0 Å². The number of nitrogens with zero attached hydrogens (tertiary/aromatic N) is 1. The standard InChI is InChI=1S/C64H49NO/c1-4-5-9-20-45(2)63(48-21-10-6-11-22-48)59-29-18-16-27-55(59)57-41-37-52(43-61(57)63)65(51-35-31-46(32-36-51)47-33-39-54(66-3)40-34-47)53-38-42-58-56-28-17-19-30-60(56)64(62(58)44-53,49-23-12-7-13-24-49)50-25-14-8-15-26-50/h4-44H,2H2,1,3H3/b5-4-,20-9-. The van der Waals surface area contributed by atoms with Gasteiger partial charge in [0.2, 0.25) is 0 Å². The molecule has 9 aromatic rings. The first-order valence-corrected chi connectivity index (χ1v) is 22.8. The molecule has 2 aliphatic carbocycles. The molecule has 66 heavy (non-hydrogen) atoms. The van der Waals surface area contributed by atoms with Crippen molar-refractivity contribution in [2.45, 2.75) is 17.8 Å². The second-order valence-electron chi connectivity index (χ2n) is 17.2. The van der Waals surface area contributed by atoms with Gasteiger partial charge in [-0.2, -0.15) is 0 Å². The number of rotatable bonds is 11. The lowest BCUT2D eigenvalue weighted by molar-refractivity contribution is 0.415. The Morgan fingerprint density at radius 3 is 1.47 bits per heavy atom. The van der Waals surface area contributed by atoms with Gasteiger partial charge in [-0.3, -0.25) is 0 Å². The minimum absolute atomic E-state index is 0.548. The molecular formula is C64H49NO. The van der Waals surface area contributed by atoms with Crippen LogP contribution >= 0.6 is 0 Å². The smallest absolute Gasteiger partial charge is 0.118 e. The molecule has 0 aromatic heterocycles. The highest BCUT2D eigenvalue weighted by Gasteiger charge is 2.48. The van der Waals surface area contributed by atoms with Gasteiger partial charge in [0, 0.05) is 17.1 Å². The zero-order chi connectivity index (χ0) is 44.7. The summed E-state index contributed by atoms with van der Waals surface area (Å²) in [5.74, 6) is 0.840. The lowest BCUT2D eigenvalue weighted by Gasteiger charge is -2.36. The maximum atomic E-state index is 5.49. The largest absolute Gasteiger partial charge is 0.497 e. The van der Waals surface area contributed by atoms with Crippen LogP contribution in [0.25, 0.3) is 33.4 Å². The Labute approximate surface area is 388 Å². The Hall–Kier alpha value is -8.20. The van der Waals surface area contributed by atoms with Crippen molar-refractivity contribution in [1.29, 1.82) is 0 Å². The molecule has 0 saturated carbocycles. The zero-order valence-electron chi connectivity index (χ0n) is 37.2. The van der Waals surface area contributed by atoms with Crippen molar-refractivity contribution in [3.05, 3.63) is 300 Å². The molecule has 316 valence electrons. The molecule has 0 spiro atoms. The van der Waals surface area contributed by atoms with Crippen LogP contribution in [0, 0.1) is 0 Å². The van der Waals surface area contributed by atoms with Crippen LogP contribution in [-0.4, -0.2) is 7.11 Å². The van der Waals surface area contributed by atoms with Gasteiger partial charge >= 0.3 is 0 Å². The number of methoxy groups -OCH3 is 1. The van der Waals surface area contributed by atoms with E-state index in [0.29, 0.717) is 0 Å². The van der Waals surface area contributed by atoms with E-state index in [1.165, 1.54) is 61.2 Å². The molecule has 0 aliphatic heterocycles. The van der Waals surface area contributed by atoms with Gasteiger partial charge in [-0.1, -0.05) is 207 Å². The Kier molecular flexibility index (Phi) is 10.3. The van der Waals surface area contributed by atoms with E-state index in [0.717, 1.165) is 39.5 Å². The maximum Gasteiger partial charge on any atom is 0.118 e. The fourth-order valence-electron chi connectivity index (χ4n) is 10.9. The lowest BCUT2D eigenvalue weighted by atomic mass is 9.67. The quantitative estimate of drug-likeness (QED) is 0.120. The van der Waals surface area contributed by atoms with E-state index < -0.39 is 10.8 Å². The highest BCUT2D eigenvalue weighted by molar-refractivity contribution is 5.92. The second kappa shape index (κ2) is 16.7. The van der Waals surface area contributed by atoms with E-state index in [1.807, 2.05) is 19.1 Å². The Balaban J connectivity index is 1.17. The fraction of sp³-hybridized carbons (Fsp3) is 0.0625. The lowest BCUT2D eigenvalue weighted by Crippen LogP contribution is -2.29. The first-order valence-electron chi connectivity index (χ1n) is 22.8. The first-order chi connectivity index (χ1) is 32.6. The van der Waals surface area contributed by atoms with Crippen molar-refractivity contribution < 1.29 is 4.74 Å². The molecule has 0 saturated heterocycles. The topological polar surface area (TPSA) is 12.5 Å². The van der Waals surface area contributed by atoms with E-state index in [2.05, 4.69) is 242 Å². The van der Waals surface area contributed by atoms with Gasteiger partial charge in [0.25, 0.3) is 0 Å². The Morgan fingerprint density at radius 2 is 0.894 bits per heavy atom. The Bertz CT molecular complexity index is 3250. The summed E-state index contributed by atoms with van der Waals surface area (Å²) in [6.45, 7) is 6.93. The van der Waals surface area contributed by atoms with Gasteiger partial charge in [0.15, 0.2) is 0 Å². The number of benzene rings is 9. The minimum Gasteiger partial charge on any atom is -0.497 e. The number of allylic oxidation sites excluding steroid dienone is 5. The molecule has 9 aromatic carbocycles. The van der Waals surface area contributed by atoms with Gasteiger partial charge in [0.05, 0.1) is 17.9 Å². The van der Waals surface area contributed by atoms with Crippen molar-refractivity contribution in [3.8, 4) is 39.1 Å². The summed E-state index contributed by atoms with van der Waals surface area (Å²) in [6, 6.07) is 82.3. The molecule has 2 heteroatoms. The number of ether oxygens (including phenoxy) is 1. The van der Waals surface area contributed by atoms with E-state index in [1.54, 1.807) is 7.11 Å². The summed E-state index contributed by atoms with van der Waals surface area (Å²) in [5, 5.41) is 0. The number of hydrogen-bond acceptors (Lipinski definition) is 2. The van der Waals surface area contributed by atoms with Crippen LogP contribution in [0.3, 0.4) is 0 Å². The summed E-state index contributed by atoms with van der Waals surface area (Å²) >= 11 is 0. The fourth-order valence-corrected chi connectivity index (χ4v) is 10.9. The number of fused-ring (bicyclic) bond motifs is 6. The summed E-state index contributed by atoms with van der Waals surface area (Å²) in [4.78, 5) is 2.44.